The topological polar surface area (TPSA) is 101 Å². The second-order valence-electron chi connectivity index (χ2n) is 10.9. The van der Waals surface area contributed by atoms with Gasteiger partial charge in [-0.15, -0.1) is 0 Å². The minimum absolute atomic E-state index is 0.197. The highest BCUT2D eigenvalue weighted by molar-refractivity contribution is 9.10. The Balaban J connectivity index is 1.72. The van der Waals surface area contributed by atoms with Gasteiger partial charge in [-0.2, -0.15) is 0 Å². The van der Waals surface area contributed by atoms with Crippen LogP contribution in [0, 0.1) is 20.8 Å². The molecular formula is C35H36BrN3O6S. The first kappa shape index (κ1) is 33.2. The third-order valence-electron chi connectivity index (χ3n) is 8.09. The summed E-state index contributed by atoms with van der Waals surface area (Å²) in [5.74, 6) is -0.255. The summed E-state index contributed by atoms with van der Waals surface area (Å²) in [6.45, 7) is 9.84. The number of nitrogens with zero attached hydrogens (tertiary/aromatic N) is 3. The first-order chi connectivity index (χ1) is 22.1. The van der Waals surface area contributed by atoms with Gasteiger partial charge in [-0.1, -0.05) is 36.8 Å². The number of carbonyl (C=O) groups excluding carboxylic acids is 2. The lowest BCUT2D eigenvalue weighted by Gasteiger charge is -2.26. The number of ether oxygens (including phenoxy) is 3. The molecule has 9 nitrogen and oxygen atoms in total. The molecule has 0 fully saturated rings. The molecule has 0 bridgehead atoms. The molecule has 5 rings (SSSR count). The van der Waals surface area contributed by atoms with Crippen molar-refractivity contribution in [3.63, 3.8) is 0 Å². The van der Waals surface area contributed by atoms with Crippen molar-refractivity contribution < 1.29 is 23.8 Å². The first-order valence-corrected chi connectivity index (χ1v) is 16.6. The van der Waals surface area contributed by atoms with Crippen LogP contribution < -0.4 is 19.6 Å². The van der Waals surface area contributed by atoms with Gasteiger partial charge in [0.1, 0.15) is 5.75 Å². The molecule has 3 heterocycles. The number of rotatable bonds is 9. The Hall–Kier alpha value is -4.22. The summed E-state index contributed by atoms with van der Waals surface area (Å²) in [6, 6.07) is 12.3. The normalized spacial score (nSPS) is 14.6. The maximum atomic E-state index is 14.3. The Morgan fingerprint density at radius 3 is 2.48 bits per heavy atom. The zero-order valence-corrected chi connectivity index (χ0v) is 29.3. The van der Waals surface area contributed by atoms with E-state index in [1.54, 1.807) is 24.7 Å². The van der Waals surface area contributed by atoms with Gasteiger partial charge in [0.05, 0.1) is 52.7 Å². The third-order valence-corrected chi connectivity index (χ3v) is 9.69. The highest BCUT2D eigenvalue weighted by Crippen LogP contribution is 2.36. The van der Waals surface area contributed by atoms with Gasteiger partial charge in [0.25, 0.3) is 5.56 Å². The van der Waals surface area contributed by atoms with E-state index in [1.807, 2.05) is 70.2 Å². The van der Waals surface area contributed by atoms with Crippen molar-refractivity contribution in [3.05, 3.63) is 112 Å². The maximum absolute atomic E-state index is 14.3. The number of fused-ring (bicyclic) bond motifs is 1. The zero-order chi connectivity index (χ0) is 33.3. The van der Waals surface area contributed by atoms with E-state index in [2.05, 4.69) is 20.5 Å². The number of hydrogen-bond donors (Lipinski definition) is 0. The number of hydrogen-bond acceptors (Lipinski definition) is 8. The Morgan fingerprint density at radius 1 is 1.07 bits per heavy atom. The number of methoxy groups -OCH3 is 2. The van der Waals surface area contributed by atoms with Crippen molar-refractivity contribution in [2.75, 3.05) is 20.8 Å². The van der Waals surface area contributed by atoms with Crippen LogP contribution in [-0.2, 0) is 14.3 Å². The Bertz CT molecular complexity index is 2070. The number of esters is 2. The minimum Gasteiger partial charge on any atom is -0.496 e. The minimum atomic E-state index is -0.739. The molecule has 0 saturated heterocycles. The largest absolute Gasteiger partial charge is 0.496 e. The van der Waals surface area contributed by atoms with E-state index in [-0.39, 0.29) is 12.2 Å². The molecule has 0 amide bonds. The molecule has 2 aromatic heterocycles. The van der Waals surface area contributed by atoms with Crippen LogP contribution in [0.2, 0.25) is 0 Å². The van der Waals surface area contributed by atoms with E-state index in [1.165, 1.54) is 18.4 Å². The van der Waals surface area contributed by atoms with Gasteiger partial charge in [-0.25, -0.2) is 14.6 Å². The van der Waals surface area contributed by atoms with E-state index < -0.39 is 18.0 Å². The van der Waals surface area contributed by atoms with Gasteiger partial charge in [-0.3, -0.25) is 9.36 Å². The van der Waals surface area contributed by atoms with Crippen LogP contribution in [0.4, 0.5) is 0 Å². The first-order valence-electron chi connectivity index (χ1n) is 15.0. The van der Waals surface area contributed by atoms with Gasteiger partial charge in [-0.05, 0) is 103 Å². The molecule has 4 aromatic rings. The molecule has 2 aromatic carbocycles. The van der Waals surface area contributed by atoms with Gasteiger partial charge < -0.3 is 18.8 Å². The smallest absolute Gasteiger partial charge is 0.338 e. The average molecular weight is 707 g/mol. The van der Waals surface area contributed by atoms with Crippen molar-refractivity contribution in [2.45, 2.75) is 53.5 Å². The molecule has 46 heavy (non-hydrogen) atoms. The van der Waals surface area contributed by atoms with Crippen LogP contribution in [0.3, 0.4) is 0 Å². The van der Waals surface area contributed by atoms with Gasteiger partial charge in [0.15, 0.2) is 4.80 Å². The predicted molar refractivity (Wildman–Crippen MR) is 182 cm³/mol. The number of halogens is 1. The highest BCUT2D eigenvalue weighted by atomic mass is 79.9. The fraction of sp³-hybridized carbons (Fsp3) is 0.314. The van der Waals surface area contributed by atoms with Crippen molar-refractivity contribution in [1.82, 2.24) is 9.13 Å². The fourth-order valence-electron chi connectivity index (χ4n) is 5.93. The molecule has 1 aliphatic heterocycles. The number of thiazole rings is 1. The monoisotopic (exact) mass is 705 g/mol. The quantitative estimate of drug-likeness (QED) is 0.203. The molecule has 240 valence electrons. The summed E-state index contributed by atoms with van der Waals surface area (Å²) >= 11 is 4.86. The molecule has 0 spiro atoms. The van der Waals surface area contributed by atoms with Crippen molar-refractivity contribution in [2.24, 2.45) is 4.99 Å². The predicted octanol–water partition coefficient (Wildman–Crippen LogP) is 5.85. The number of carbonyl (C=O) groups is 2. The average Bonchev–Trinajstić information content (AvgIpc) is 3.49. The molecule has 0 N–H and O–H groups in total. The van der Waals surface area contributed by atoms with Crippen LogP contribution in [0.5, 0.6) is 5.75 Å². The lowest BCUT2D eigenvalue weighted by Crippen LogP contribution is -2.40. The summed E-state index contributed by atoms with van der Waals surface area (Å²) in [4.78, 5) is 45.6. The van der Waals surface area contributed by atoms with Crippen molar-refractivity contribution in [3.8, 4) is 11.4 Å². The Labute approximate surface area is 279 Å². The molecule has 11 heteroatoms. The van der Waals surface area contributed by atoms with Crippen molar-refractivity contribution in [1.29, 1.82) is 0 Å². The summed E-state index contributed by atoms with van der Waals surface area (Å²) in [7, 11) is 2.95. The lowest BCUT2D eigenvalue weighted by atomic mass is 9.94. The summed E-state index contributed by atoms with van der Waals surface area (Å²) in [6.07, 6.45) is 3.19. The van der Waals surface area contributed by atoms with Crippen LogP contribution in [0.1, 0.15) is 71.2 Å². The summed E-state index contributed by atoms with van der Waals surface area (Å²) in [5.41, 5.74) is 6.29. The fourth-order valence-corrected chi connectivity index (χ4v) is 7.50. The third kappa shape index (κ3) is 5.89. The van der Waals surface area contributed by atoms with E-state index in [4.69, 9.17) is 19.2 Å². The number of aromatic nitrogens is 2. The summed E-state index contributed by atoms with van der Waals surface area (Å²) in [5, 5.41) is 0. The van der Waals surface area contributed by atoms with E-state index >= 15 is 0 Å². The molecule has 1 aliphatic rings. The lowest BCUT2D eigenvalue weighted by molar-refractivity contribution is -0.139. The second-order valence-corrected chi connectivity index (χ2v) is 12.8. The van der Waals surface area contributed by atoms with Crippen molar-refractivity contribution >= 4 is 45.3 Å². The van der Waals surface area contributed by atoms with E-state index in [0.29, 0.717) is 42.8 Å². The zero-order valence-electron chi connectivity index (χ0n) is 26.9. The molecule has 0 unspecified atom stereocenters. The summed E-state index contributed by atoms with van der Waals surface area (Å²) < 4.78 is 20.8. The van der Waals surface area contributed by atoms with Gasteiger partial charge >= 0.3 is 11.9 Å². The maximum Gasteiger partial charge on any atom is 0.338 e. The van der Waals surface area contributed by atoms with E-state index in [9.17, 15) is 14.4 Å². The van der Waals surface area contributed by atoms with Crippen LogP contribution in [-0.4, -0.2) is 41.9 Å². The number of aryl methyl sites for hydroxylation is 1. The van der Waals surface area contributed by atoms with Gasteiger partial charge in [0, 0.05) is 17.1 Å². The Kier molecular flexibility index (Phi) is 9.83. The molecule has 0 aliphatic carbocycles. The van der Waals surface area contributed by atoms with Gasteiger partial charge in [0.2, 0.25) is 0 Å². The standard InChI is InChI=1S/C35H36BrN3O6S/c1-8-11-26-30(34(42)45-9-2)31(22-14-15-28(43-6)25(36)17-22)39-32(40)29(46-35(39)37-26)18-23-16-19(3)38(21(23)5)27-13-10-12-24(20(27)4)33(41)44-7/h10,12-18,31H,8-9,11H2,1-7H3/b29-18+/t31-/m1/s1. The number of benzene rings is 2. The molecular weight excluding hydrogens is 670 g/mol. The molecule has 0 radical (unpaired) electrons. The number of allylic oxidation sites excluding steroid dienone is 1. The second kappa shape index (κ2) is 13.6. The Morgan fingerprint density at radius 2 is 1.83 bits per heavy atom. The van der Waals surface area contributed by atoms with E-state index in [0.717, 1.165) is 40.2 Å². The van der Waals surface area contributed by atoms with Crippen LogP contribution >= 0.6 is 27.3 Å². The SMILES string of the molecule is CCCC1=C(C(=O)OCC)[C@@H](c2ccc(OC)c(Br)c2)n2c(s/c(=C/c3cc(C)n(-c4cccc(C(=O)OC)c4C)c3C)c2=O)=N1. The molecule has 0 saturated carbocycles. The molecule has 1 atom stereocenters. The van der Waals surface area contributed by atoms with Crippen LogP contribution in [0.15, 0.2) is 68.0 Å². The highest BCUT2D eigenvalue weighted by Gasteiger charge is 2.34. The van der Waals surface area contributed by atoms with Crippen LogP contribution in [0.25, 0.3) is 11.8 Å².